The van der Waals surface area contributed by atoms with E-state index in [0.717, 1.165) is 30.8 Å². The van der Waals surface area contributed by atoms with Crippen LogP contribution in [0.25, 0.3) is 0 Å². The predicted octanol–water partition coefficient (Wildman–Crippen LogP) is 1.95. The highest BCUT2D eigenvalue weighted by Gasteiger charge is 2.15. The van der Waals surface area contributed by atoms with Gasteiger partial charge in [-0.2, -0.15) is 5.26 Å². The highest BCUT2D eigenvalue weighted by molar-refractivity contribution is 5.45. The van der Waals surface area contributed by atoms with Crippen molar-refractivity contribution in [2.24, 2.45) is 5.92 Å². The molecule has 2 heterocycles. The number of aryl methyl sites for hydroxylation is 2. The molecule has 18 heavy (non-hydrogen) atoms. The van der Waals surface area contributed by atoms with Crippen LogP contribution in [-0.2, 0) is 0 Å². The van der Waals surface area contributed by atoms with E-state index in [0.29, 0.717) is 24.0 Å². The summed E-state index contributed by atoms with van der Waals surface area (Å²) in [6, 6.07) is 4.08. The zero-order chi connectivity index (χ0) is 13.0. The van der Waals surface area contributed by atoms with Gasteiger partial charge in [-0.05, 0) is 57.3 Å². The third-order valence-electron chi connectivity index (χ3n) is 3.35. The molecule has 1 atom stereocenters. The average molecular weight is 245 g/mol. The summed E-state index contributed by atoms with van der Waals surface area (Å²) in [5, 5.41) is 12.5. The SMILES string of the molecule is Cc1cc(C)c(C#N)c(OCCC2CCNC2)n1. The van der Waals surface area contributed by atoms with Crippen LogP contribution in [-0.4, -0.2) is 24.7 Å². The normalized spacial score (nSPS) is 18.6. The van der Waals surface area contributed by atoms with Crippen molar-refractivity contribution >= 4 is 0 Å². The summed E-state index contributed by atoms with van der Waals surface area (Å²) in [6.07, 6.45) is 2.24. The number of hydrogen-bond donors (Lipinski definition) is 1. The summed E-state index contributed by atoms with van der Waals surface area (Å²) >= 11 is 0. The van der Waals surface area contributed by atoms with E-state index >= 15 is 0 Å². The molecule has 1 saturated heterocycles. The number of aromatic nitrogens is 1. The van der Waals surface area contributed by atoms with Gasteiger partial charge in [0.2, 0.25) is 5.88 Å². The first-order valence-corrected chi connectivity index (χ1v) is 6.42. The van der Waals surface area contributed by atoms with Gasteiger partial charge in [0, 0.05) is 5.69 Å². The van der Waals surface area contributed by atoms with Crippen molar-refractivity contribution in [2.45, 2.75) is 26.7 Å². The van der Waals surface area contributed by atoms with E-state index in [-0.39, 0.29) is 0 Å². The molecule has 0 aliphatic carbocycles. The van der Waals surface area contributed by atoms with Crippen molar-refractivity contribution < 1.29 is 4.74 Å². The Kier molecular flexibility index (Phi) is 4.16. The maximum Gasteiger partial charge on any atom is 0.232 e. The minimum absolute atomic E-state index is 0.487. The van der Waals surface area contributed by atoms with Gasteiger partial charge in [0.05, 0.1) is 6.61 Å². The summed E-state index contributed by atoms with van der Waals surface area (Å²) in [6.45, 7) is 6.66. The molecule has 0 spiro atoms. The van der Waals surface area contributed by atoms with Crippen LogP contribution >= 0.6 is 0 Å². The van der Waals surface area contributed by atoms with Crippen molar-refractivity contribution in [3.05, 3.63) is 22.9 Å². The summed E-state index contributed by atoms with van der Waals surface area (Å²) < 4.78 is 5.69. The summed E-state index contributed by atoms with van der Waals surface area (Å²) in [7, 11) is 0. The van der Waals surface area contributed by atoms with Gasteiger partial charge in [-0.3, -0.25) is 0 Å². The van der Waals surface area contributed by atoms with E-state index in [1.807, 2.05) is 19.9 Å². The Morgan fingerprint density at radius 1 is 1.56 bits per heavy atom. The first-order valence-electron chi connectivity index (χ1n) is 6.42. The Balaban J connectivity index is 1.97. The van der Waals surface area contributed by atoms with Crippen LogP contribution in [0.1, 0.15) is 29.7 Å². The molecule has 4 heteroatoms. The molecule has 1 unspecified atom stereocenters. The van der Waals surface area contributed by atoms with Crippen LogP contribution in [0.3, 0.4) is 0 Å². The second kappa shape index (κ2) is 5.83. The van der Waals surface area contributed by atoms with Gasteiger partial charge in [-0.25, -0.2) is 4.98 Å². The lowest BCUT2D eigenvalue weighted by Crippen LogP contribution is -2.12. The van der Waals surface area contributed by atoms with Crippen molar-refractivity contribution in [2.75, 3.05) is 19.7 Å². The molecule has 0 amide bonds. The summed E-state index contributed by atoms with van der Waals surface area (Å²) in [4.78, 5) is 4.31. The van der Waals surface area contributed by atoms with E-state index in [1.54, 1.807) is 0 Å². The Morgan fingerprint density at radius 2 is 2.39 bits per heavy atom. The summed E-state index contributed by atoms with van der Waals surface area (Å²) in [5.41, 5.74) is 2.39. The number of nitriles is 1. The van der Waals surface area contributed by atoms with Crippen molar-refractivity contribution in [1.82, 2.24) is 10.3 Å². The van der Waals surface area contributed by atoms with E-state index in [9.17, 15) is 0 Å². The Labute approximate surface area is 108 Å². The van der Waals surface area contributed by atoms with Gasteiger partial charge in [-0.15, -0.1) is 0 Å². The lowest BCUT2D eigenvalue weighted by atomic mass is 10.1. The van der Waals surface area contributed by atoms with Crippen LogP contribution in [0.2, 0.25) is 0 Å². The second-order valence-electron chi connectivity index (χ2n) is 4.87. The molecule has 0 aromatic carbocycles. The topological polar surface area (TPSA) is 57.9 Å². The molecule has 96 valence electrons. The van der Waals surface area contributed by atoms with Gasteiger partial charge in [0.25, 0.3) is 0 Å². The molecular formula is C14H19N3O. The highest BCUT2D eigenvalue weighted by atomic mass is 16.5. The van der Waals surface area contributed by atoms with E-state index < -0.39 is 0 Å². The quantitative estimate of drug-likeness (QED) is 0.880. The molecule has 1 aromatic rings. The lowest BCUT2D eigenvalue weighted by molar-refractivity contribution is 0.272. The Hall–Kier alpha value is -1.60. The van der Waals surface area contributed by atoms with Gasteiger partial charge >= 0.3 is 0 Å². The molecule has 2 rings (SSSR count). The van der Waals surface area contributed by atoms with Crippen molar-refractivity contribution in [1.29, 1.82) is 5.26 Å². The number of ether oxygens (including phenoxy) is 1. The number of pyridine rings is 1. The predicted molar refractivity (Wildman–Crippen MR) is 69.5 cm³/mol. The Morgan fingerprint density at radius 3 is 3.06 bits per heavy atom. The molecule has 1 aromatic heterocycles. The van der Waals surface area contributed by atoms with Gasteiger partial charge < -0.3 is 10.1 Å². The Bertz CT molecular complexity index is 459. The molecule has 1 aliphatic rings. The fraction of sp³-hybridized carbons (Fsp3) is 0.571. The average Bonchev–Trinajstić information content (AvgIpc) is 2.81. The minimum atomic E-state index is 0.487. The monoisotopic (exact) mass is 245 g/mol. The van der Waals surface area contributed by atoms with E-state index in [4.69, 9.17) is 10.00 Å². The molecule has 1 N–H and O–H groups in total. The van der Waals surface area contributed by atoms with Gasteiger partial charge in [-0.1, -0.05) is 0 Å². The van der Waals surface area contributed by atoms with Gasteiger partial charge in [0.1, 0.15) is 11.6 Å². The zero-order valence-electron chi connectivity index (χ0n) is 11.0. The maximum absolute atomic E-state index is 9.12. The lowest BCUT2D eigenvalue weighted by Gasteiger charge is -2.11. The fourth-order valence-corrected chi connectivity index (χ4v) is 2.33. The fourth-order valence-electron chi connectivity index (χ4n) is 2.33. The first kappa shape index (κ1) is 12.8. The largest absolute Gasteiger partial charge is 0.477 e. The molecule has 0 saturated carbocycles. The van der Waals surface area contributed by atoms with Crippen molar-refractivity contribution in [3.63, 3.8) is 0 Å². The van der Waals surface area contributed by atoms with Gasteiger partial charge in [0.15, 0.2) is 0 Å². The third kappa shape index (κ3) is 2.99. The standard InChI is InChI=1S/C14H19N3O/c1-10-7-11(2)17-14(13(10)8-15)18-6-4-12-3-5-16-9-12/h7,12,16H,3-6,9H2,1-2H3. The molecule has 1 aliphatic heterocycles. The number of rotatable bonds is 4. The van der Waals surface area contributed by atoms with Crippen LogP contribution in [0.15, 0.2) is 6.07 Å². The highest BCUT2D eigenvalue weighted by Crippen LogP contribution is 2.21. The molecule has 4 nitrogen and oxygen atoms in total. The van der Waals surface area contributed by atoms with E-state index in [2.05, 4.69) is 16.4 Å². The second-order valence-corrected chi connectivity index (χ2v) is 4.87. The number of nitrogens with zero attached hydrogens (tertiary/aromatic N) is 2. The molecule has 1 fully saturated rings. The molecule has 0 radical (unpaired) electrons. The molecule has 0 bridgehead atoms. The number of nitrogens with one attached hydrogen (secondary N) is 1. The van der Waals surface area contributed by atoms with Crippen molar-refractivity contribution in [3.8, 4) is 11.9 Å². The zero-order valence-corrected chi connectivity index (χ0v) is 11.0. The van der Waals surface area contributed by atoms with Crippen LogP contribution in [0, 0.1) is 31.1 Å². The van der Waals surface area contributed by atoms with Crippen LogP contribution in [0.5, 0.6) is 5.88 Å². The summed E-state index contributed by atoms with van der Waals surface area (Å²) in [5.74, 6) is 1.18. The van der Waals surface area contributed by atoms with Crippen LogP contribution in [0.4, 0.5) is 0 Å². The van der Waals surface area contributed by atoms with Crippen LogP contribution < -0.4 is 10.1 Å². The van der Waals surface area contributed by atoms with E-state index in [1.165, 1.54) is 6.42 Å². The molecular weight excluding hydrogens is 226 g/mol. The number of hydrogen-bond acceptors (Lipinski definition) is 4. The minimum Gasteiger partial charge on any atom is -0.477 e. The smallest absolute Gasteiger partial charge is 0.232 e. The first-order chi connectivity index (χ1) is 8.70. The maximum atomic E-state index is 9.12. The third-order valence-corrected chi connectivity index (χ3v) is 3.35.